The Morgan fingerprint density at radius 2 is 2.03 bits per heavy atom. The van der Waals surface area contributed by atoms with Crippen molar-refractivity contribution in [2.24, 2.45) is 0 Å². The Bertz CT molecular complexity index is 951. The first-order valence-corrected chi connectivity index (χ1v) is 9.07. The summed E-state index contributed by atoms with van der Waals surface area (Å²) in [6.07, 6.45) is -3.98. The number of carbonyl (C=O) groups is 2. The van der Waals surface area contributed by atoms with Gasteiger partial charge in [0.1, 0.15) is 11.4 Å². The molecule has 160 valence electrons. The molecule has 12 heteroatoms. The number of halogens is 3. The molecular formula is C18H19F3N6O3. The second kappa shape index (κ2) is 8.84. The molecule has 0 saturated heterocycles. The minimum atomic E-state index is -4.65. The van der Waals surface area contributed by atoms with E-state index in [-0.39, 0.29) is 31.4 Å². The zero-order valence-electron chi connectivity index (χ0n) is 15.6. The summed E-state index contributed by atoms with van der Waals surface area (Å²) in [4.78, 5) is 29.5. The third-order valence-electron chi connectivity index (χ3n) is 4.27. The molecule has 5 N–H and O–H groups in total. The van der Waals surface area contributed by atoms with Gasteiger partial charge in [-0.15, -0.1) is 0 Å². The van der Waals surface area contributed by atoms with Crippen molar-refractivity contribution >= 4 is 35.1 Å². The highest BCUT2D eigenvalue weighted by Crippen LogP contribution is 2.34. The summed E-state index contributed by atoms with van der Waals surface area (Å²) in [6.45, 7) is 0.171. The van der Waals surface area contributed by atoms with E-state index < -0.39 is 23.7 Å². The molecule has 0 radical (unpaired) electrons. The molecule has 0 aliphatic carbocycles. The molecule has 2 heterocycles. The molecule has 2 aromatic rings. The Morgan fingerprint density at radius 1 is 1.23 bits per heavy atom. The first-order valence-electron chi connectivity index (χ1n) is 9.07. The summed E-state index contributed by atoms with van der Waals surface area (Å²) < 4.78 is 39.7. The Hall–Kier alpha value is -3.57. The van der Waals surface area contributed by atoms with E-state index in [9.17, 15) is 22.8 Å². The Labute approximate surface area is 169 Å². The molecule has 1 aromatic carbocycles. The molecule has 0 unspecified atom stereocenters. The zero-order chi connectivity index (χ0) is 21.7. The molecule has 1 aromatic heterocycles. The lowest BCUT2D eigenvalue weighted by atomic mass is 10.0. The molecule has 1 aliphatic rings. The van der Waals surface area contributed by atoms with Gasteiger partial charge < -0.3 is 26.4 Å². The Morgan fingerprint density at radius 3 is 2.77 bits per heavy atom. The van der Waals surface area contributed by atoms with Gasteiger partial charge in [0.05, 0.1) is 0 Å². The number of nitrogens with zero attached hydrogens (tertiary/aromatic N) is 2. The molecule has 0 spiro atoms. The number of hydrogen-bond donors (Lipinski definition) is 5. The van der Waals surface area contributed by atoms with E-state index in [1.54, 1.807) is 18.2 Å². The minimum Gasteiger partial charge on any atom is -0.465 e. The van der Waals surface area contributed by atoms with Crippen molar-refractivity contribution in [1.29, 1.82) is 0 Å². The summed E-state index contributed by atoms with van der Waals surface area (Å²) in [6, 6.07) is 5.14. The van der Waals surface area contributed by atoms with Crippen molar-refractivity contribution < 1.29 is 27.9 Å². The average molecular weight is 424 g/mol. The van der Waals surface area contributed by atoms with Crippen LogP contribution in [0.5, 0.6) is 0 Å². The monoisotopic (exact) mass is 424 g/mol. The molecule has 30 heavy (non-hydrogen) atoms. The molecule has 0 bridgehead atoms. The van der Waals surface area contributed by atoms with Gasteiger partial charge in [-0.3, -0.25) is 4.79 Å². The molecule has 3 rings (SSSR count). The van der Waals surface area contributed by atoms with E-state index in [1.165, 1.54) is 0 Å². The lowest BCUT2D eigenvalue weighted by molar-refractivity contribution is -0.137. The van der Waals surface area contributed by atoms with Crippen molar-refractivity contribution in [2.45, 2.75) is 25.4 Å². The molecular weight excluding hydrogens is 405 g/mol. The van der Waals surface area contributed by atoms with Gasteiger partial charge in [0.15, 0.2) is 0 Å². The number of carboxylic acid groups (broad SMARTS) is 1. The number of aromatic nitrogens is 2. The maximum Gasteiger partial charge on any atom is 0.421 e. The normalized spacial score (nSPS) is 13.2. The third-order valence-corrected chi connectivity index (χ3v) is 4.27. The number of nitrogens with one attached hydrogen (secondary N) is 4. The van der Waals surface area contributed by atoms with E-state index in [0.29, 0.717) is 30.4 Å². The second-order valence-electron chi connectivity index (χ2n) is 6.51. The van der Waals surface area contributed by atoms with Crippen molar-refractivity contribution in [1.82, 2.24) is 15.3 Å². The fraction of sp³-hybridized carbons (Fsp3) is 0.333. The fourth-order valence-corrected chi connectivity index (χ4v) is 2.87. The van der Waals surface area contributed by atoms with Crippen LogP contribution in [0.15, 0.2) is 24.4 Å². The maximum atomic E-state index is 13.2. The predicted molar refractivity (Wildman–Crippen MR) is 103 cm³/mol. The van der Waals surface area contributed by atoms with Gasteiger partial charge in [0.2, 0.25) is 11.9 Å². The van der Waals surface area contributed by atoms with Gasteiger partial charge in [-0.1, -0.05) is 0 Å². The molecule has 2 amide bonds. The SMILES string of the molecule is O=C(O)NCCCNc1nc(Nc2ccc3c(c2)CCC(=O)N3)ncc1C(F)(F)F. The largest absolute Gasteiger partial charge is 0.465 e. The maximum absolute atomic E-state index is 13.2. The summed E-state index contributed by atoms with van der Waals surface area (Å²) in [5.74, 6) is -0.502. The second-order valence-corrected chi connectivity index (χ2v) is 6.51. The summed E-state index contributed by atoms with van der Waals surface area (Å²) in [5.41, 5.74) is 1.15. The van der Waals surface area contributed by atoms with Crippen LogP contribution < -0.4 is 21.3 Å². The highest BCUT2D eigenvalue weighted by Gasteiger charge is 2.35. The number of carbonyl (C=O) groups excluding carboxylic acids is 1. The van der Waals surface area contributed by atoms with E-state index in [2.05, 4.69) is 31.2 Å². The lowest BCUT2D eigenvalue weighted by Crippen LogP contribution is -2.24. The van der Waals surface area contributed by atoms with Crippen LogP contribution in [0.2, 0.25) is 0 Å². The number of anilines is 4. The van der Waals surface area contributed by atoms with Crippen LogP contribution in [0.1, 0.15) is 24.0 Å². The smallest absolute Gasteiger partial charge is 0.421 e. The molecule has 0 atom stereocenters. The quantitative estimate of drug-likeness (QED) is 0.432. The van der Waals surface area contributed by atoms with Crippen LogP contribution in [-0.4, -0.2) is 40.2 Å². The Kier molecular flexibility index (Phi) is 6.23. The van der Waals surface area contributed by atoms with Crippen LogP contribution >= 0.6 is 0 Å². The number of benzene rings is 1. The highest BCUT2D eigenvalue weighted by molar-refractivity contribution is 5.94. The van der Waals surface area contributed by atoms with Gasteiger partial charge in [0, 0.05) is 37.1 Å². The van der Waals surface area contributed by atoms with E-state index in [1.807, 2.05) is 0 Å². The molecule has 1 aliphatic heterocycles. The number of hydrogen-bond acceptors (Lipinski definition) is 6. The van der Waals surface area contributed by atoms with E-state index >= 15 is 0 Å². The van der Waals surface area contributed by atoms with Gasteiger partial charge in [0.25, 0.3) is 0 Å². The van der Waals surface area contributed by atoms with Crippen LogP contribution in [0, 0.1) is 0 Å². The van der Waals surface area contributed by atoms with Gasteiger partial charge in [-0.2, -0.15) is 18.2 Å². The minimum absolute atomic E-state index is 0.0334. The first kappa shape index (κ1) is 21.1. The standard InChI is InChI=1S/C18H19F3N6O3/c19-18(20,21)12-9-24-16(27-15(12)22-6-1-7-23-17(29)30)25-11-3-4-13-10(8-11)2-5-14(28)26-13/h3-4,8-9,23H,1-2,5-7H2,(H,26,28)(H,29,30)(H2,22,24,25,27). The summed E-state index contributed by atoms with van der Waals surface area (Å²) >= 11 is 0. The van der Waals surface area contributed by atoms with Gasteiger partial charge in [-0.25, -0.2) is 9.78 Å². The third kappa shape index (κ3) is 5.49. The van der Waals surface area contributed by atoms with Crippen LogP contribution in [-0.2, 0) is 17.4 Å². The van der Waals surface area contributed by atoms with Crippen LogP contribution in [0.25, 0.3) is 0 Å². The predicted octanol–water partition coefficient (Wildman–Crippen LogP) is 3.19. The number of rotatable bonds is 7. The summed E-state index contributed by atoms with van der Waals surface area (Å²) in [5, 5.41) is 18.8. The van der Waals surface area contributed by atoms with Gasteiger partial charge >= 0.3 is 12.3 Å². The Balaban J connectivity index is 1.73. The number of alkyl halides is 3. The van der Waals surface area contributed by atoms with E-state index in [0.717, 1.165) is 5.56 Å². The van der Waals surface area contributed by atoms with Gasteiger partial charge in [-0.05, 0) is 36.6 Å². The molecule has 0 saturated carbocycles. The number of aryl methyl sites for hydroxylation is 1. The summed E-state index contributed by atoms with van der Waals surface area (Å²) in [7, 11) is 0. The number of fused-ring (bicyclic) bond motifs is 1. The highest BCUT2D eigenvalue weighted by atomic mass is 19.4. The molecule has 9 nitrogen and oxygen atoms in total. The van der Waals surface area contributed by atoms with Crippen molar-refractivity contribution in [3.8, 4) is 0 Å². The van der Waals surface area contributed by atoms with Crippen LogP contribution in [0.3, 0.4) is 0 Å². The van der Waals surface area contributed by atoms with E-state index in [4.69, 9.17) is 5.11 Å². The topological polar surface area (TPSA) is 128 Å². The van der Waals surface area contributed by atoms with Crippen molar-refractivity contribution in [3.63, 3.8) is 0 Å². The first-order chi connectivity index (χ1) is 14.2. The number of amides is 2. The van der Waals surface area contributed by atoms with Crippen molar-refractivity contribution in [2.75, 3.05) is 29.0 Å². The zero-order valence-corrected chi connectivity index (χ0v) is 15.6. The lowest BCUT2D eigenvalue weighted by Gasteiger charge is -2.18. The van der Waals surface area contributed by atoms with Crippen LogP contribution in [0.4, 0.5) is 41.1 Å². The fourth-order valence-electron chi connectivity index (χ4n) is 2.87. The average Bonchev–Trinajstić information content (AvgIpc) is 2.67. The van der Waals surface area contributed by atoms with Crippen molar-refractivity contribution in [3.05, 3.63) is 35.5 Å². The molecule has 0 fully saturated rings.